The van der Waals surface area contributed by atoms with E-state index in [1.807, 2.05) is 20.8 Å². The van der Waals surface area contributed by atoms with E-state index in [1.54, 1.807) is 0 Å². The number of nitrogens with one attached hydrogen (secondary N) is 2. The Morgan fingerprint density at radius 3 is 2.45 bits per heavy atom. The largest absolute Gasteiger partial charge is 0.444 e. The Labute approximate surface area is 132 Å². The van der Waals surface area contributed by atoms with Gasteiger partial charge in [0.05, 0.1) is 6.10 Å². The zero-order chi connectivity index (χ0) is 16.2. The molecule has 126 valence electrons. The summed E-state index contributed by atoms with van der Waals surface area (Å²) in [6, 6.07) is -0.509. The summed E-state index contributed by atoms with van der Waals surface area (Å²) in [6.45, 7) is 6.70. The molecule has 0 bridgehead atoms. The SMILES string of the molecule is CC(C)(C)OC(=O)NC(C(=O)NCC1CCCO1)C1CCC1. The topological polar surface area (TPSA) is 76.7 Å². The number of hydrogen-bond donors (Lipinski definition) is 2. The average Bonchev–Trinajstić information content (AvgIpc) is 2.83. The van der Waals surface area contributed by atoms with E-state index in [9.17, 15) is 9.59 Å². The Morgan fingerprint density at radius 1 is 1.23 bits per heavy atom. The van der Waals surface area contributed by atoms with Crippen molar-refractivity contribution < 1.29 is 19.1 Å². The van der Waals surface area contributed by atoms with Gasteiger partial charge >= 0.3 is 6.09 Å². The van der Waals surface area contributed by atoms with Crippen molar-refractivity contribution in [3.05, 3.63) is 0 Å². The highest BCUT2D eigenvalue weighted by molar-refractivity contribution is 5.86. The van der Waals surface area contributed by atoms with Crippen molar-refractivity contribution in [1.29, 1.82) is 0 Å². The highest BCUT2D eigenvalue weighted by atomic mass is 16.6. The molecule has 0 aromatic rings. The van der Waals surface area contributed by atoms with E-state index in [-0.39, 0.29) is 17.9 Å². The van der Waals surface area contributed by atoms with E-state index in [4.69, 9.17) is 9.47 Å². The van der Waals surface area contributed by atoms with E-state index in [2.05, 4.69) is 10.6 Å². The van der Waals surface area contributed by atoms with Crippen molar-refractivity contribution in [2.24, 2.45) is 5.92 Å². The summed E-state index contributed by atoms with van der Waals surface area (Å²) in [6.07, 6.45) is 4.64. The third-order valence-electron chi connectivity index (χ3n) is 4.10. The molecule has 1 aliphatic carbocycles. The lowest BCUT2D eigenvalue weighted by atomic mass is 9.79. The van der Waals surface area contributed by atoms with Gasteiger partial charge in [0, 0.05) is 13.2 Å². The molecule has 2 fully saturated rings. The first-order valence-corrected chi connectivity index (χ1v) is 8.24. The van der Waals surface area contributed by atoms with Crippen LogP contribution >= 0.6 is 0 Å². The standard InChI is InChI=1S/C16H28N2O4/c1-16(2,3)22-15(20)18-13(11-6-4-7-11)14(19)17-10-12-8-5-9-21-12/h11-13H,4-10H2,1-3H3,(H,17,19)(H,18,20). The molecule has 1 heterocycles. The summed E-state index contributed by atoms with van der Waals surface area (Å²) in [5.41, 5.74) is -0.567. The molecule has 6 nitrogen and oxygen atoms in total. The van der Waals surface area contributed by atoms with Crippen LogP contribution in [0.15, 0.2) is 0 Å². The Balaban J connectivity index is 1.84. The van der Waals surface area contributed by atoms with Gasteiger partial charge in [0.1, 0.15) is 11.6 Å². The molecule has 6 heteroatoms. The van der Waals surface area contributed by atoms with Crippen molar-refractivity contribution in [1.82, 2.24) is 10.6 Å². The lowest BCUT2D eigenvalue weighted by molar-refractivity contribution is -0.125. The molecule has 2 atom stereocenters. The molecular weight excluding hydrogens is 284 g/mol. The van der Waals surface area contributed by atoms with Gasteiger partial charge in [-0.05, 0) is 52.4 Å². The number of carbonyl (C=O) groups is 2. The summed E-state index contributed by atoms with van der Waals surface area (Å²) in [7, 11) is 0. The number of alkyl carbamates (subject to hydrolysis) is 1. The van der Waals surface area contributed by atoms with Crippen LogP contribution in [0.4, 0.5) is 4.79 Å². The molecular formula is C16H28N2O4. The van der Waals surface area contributed by atoms with Crippen LogP contribution in [0.25, 0.3) is 0 Å². The molecule has 0 spiro atoms. The van der Waals surface area contributed by atoms with Crippen molar-refractivity contribution in [2.75, 3.05) is 13.2 Å². The number of amides is 2. The summed E-state index contributed by atoms with van der Waals surface area (Å²) in [5.74, 6) is 0.0723. The predicted molar refractivity (Wildman–Crippen MR) is 82.5 cm³/mol. The van der Waals surface area contributed by atoms with Crippen LogP contribution in [0.3, 0.4) is 0 Å². The summed E-state index contributed by atoms with van der Waals surface area (Å²) < 4.78 is 10.8. The fraction of sp³-hybridized carbons (Fsp3) is 0.875. The smallest absolute Gasteiger partial charge is 0.408 e. The van der Waals surface area contributed by atoms with Crippen LogP contribution < -0.4 is 10.6 Å². The average molecular weight is 312 g/mol. The van der Waals surface area contributed by atoms with Crippen molar-refractivity contribution in [3.8, 4) is 0 Å². The van der Waals surface area contributed by atoms with Crippen molar-refractivity contribution in [3.63, 3.8) is 0 Å². The van der Waals surface area contributed by atoms with Gasteiger partial charge in [-0.25, -0.2) is 4.79 Å². The minimum atomic E-state index is -0.567. The molecule has 0 aromatic carbocycles. The normalized spacial score (nSPS) is 23.5. The Hall–Kier alpha value is -1.30. The molecule has 2 aliphatic rings. The van der Waals surface area contributed by atoms with Crippen LogP contribution in [0.5, 0.6) is 0 Å². The fourth-order valence-electron chi connectivity index (χ4n) is 2.73. The monoisotopic (exact) mass is 312 g/mol. The molecule has 22 heavy (non-hydrogen) atoms. The summed E-state index contributed by atoms with van der Waals surface area (Å²) in [4.78, 5) is 24.3. The fourth-order valence-corrected chi connectivity index (χ4v) is 2.73. The predicted octanol–water partition coefficient (Wildman–Crippen LogP) is 1.97. The van der Waals surface area contributed by atoms with Gasteiger partial charge in [-0.2, -0.15) is 0 Å². The van der Waals surface area contributed by atoms with E-state index in [0.29, 0.717) is 6.54 Å². The van der Waals surface area contributed by atoms with Crippen LogP contribution in [-0.4, -0.2) is 42.9 Å². The second kappa shape index (κ2) is 7.31. The minimum Gasteiger partial charge on any atom is -0.444 e. The summed E-state index contributed by atoms with van der Waals surface area (Å²) >= 11 is 0. The highest BCUT2D eigenvalue weighted by Crippen LogP contribution is 2.30. The first-order valence-electron chi connectivity index (χ1n) is 8.24. The van der Waals surface area contributed by atoms with Crippen LogP contribution in [0.2, 0.25) is 0 Å². The Morgan fingerprint density at radius 2 is 1.95 bits per heavy atom. The number of rotatable bonds is 5. The maximum absolute atomic E-state index is 12.4. The van der Waals surface area contributed by atoms with Crippen LogP contribution in [0, 0.1) is 5.92 Å². The Kier molecular flexibility index (Phi) is 5.67. The number of ether oxygens (including phenoxy) is 2. The molecule has 2 rings (SSSR count). The van der Waals surface area contributed by atoms with Gasteiger partial charge < -0.3 is 20.1 Å². The molecule has 1 saturated carbocycles. The van der Waals surface area contributed by atoms with Gasteiger partial charge in [0.25, 0.3) is 0 Å². The van der Waals surface area contributed by atoms with E-state index >= 15 is 0 Å². The minimum absolute atomic E-state index is 0.104. The first kappa shape index (κ1) is 17.1. The summed E-state index contributed by atoms with van der Waals surface area (Å²) in [5, 5.41) is 5.64. The molecule has 0 radical (unpaired) electrons. The van der Waals surface area contributed by atoms with Gasteiger partial charge in [0.2, 0.25) is 5.91 Å². The maximum Gasteiger partial charge on any atom is 0.408 e. The number of carbonyl (C=O) groups excluding carboxylic acids is 2. The van der Waals surface area contributed by atoms with Crippen LogP contribution in [-0.2, 0) is 14.3 Å². The highest BCUT2D eigenvalue weighted by Gasteiger charge is 2.35. The first-order chi connectivity index (χ1) is 10.3. The van der Waals surface area contributed by atoms with Gasteiger partial charge in [-0.1, -0.05) is 6.42 Å². The van der Waals surface area contributed by atoms with E-state index < -0.39 is 17.7 Å². The molecule has 1 aliphatic heterocycles. The van der Waals surface area contributed by atoms with Gasteiger partial charge in [-0.3, -0.25) is 4.79 Å². The van der Waals surface area contributed by atoms with Crippen molar-refractivity contribution >= 4 is 12.0 Å². The lowest BCUT2D eigenvalue weighted by Crippen LogP contribution is -2.54. The third kappa shape index (κ3) is 5.16. The molecule has 2 N–H and O–H groups in total. The molecule has 1 saturated heterocycles. The maximum atomic E-state index is 12.4. The van der Waals surface area contributed by atoms with E-state index in [0.717, 1.165) is 38.7 Å². The van der Waals surface area contributed by atoms with Gasteiger partial charge in [-0.15, -0.1) is 0 Å². The van der Waals surface area contributed by atoms with Gasteiger partial charge in [0.15, 0.2) is 0 Å². The number of hydrogen-bond acceptors (Lipinski definition) is 4. The zero-order valence-electron chi connectivity index (χ0n) is 13.8. The zero-order valence-corrected chi connectivity index (χ0v) is 13.8. The second-order valence-electron chi connectivity index (χ2n) is 7.20. The third-order valence-corrected chi connectivity index (χ3v) is 4.10. The lowest BCUT2D eigenvalue weighted by Gasteiger charge is -2.34. The molecule has 2 amide bonds. The molecule has 0 aromatic heterocycles. The van der Waals surface area contributed by atoms with Crippen LogP contribution in [0.1, 0.15) is 52.9 Å². The second-order valence-corrected chi connectivity index (χ2v) is 7.20. The van der Waals surface area contributed by atoms with Crippen molar-refractivity contribution in [2.45, 2.75) is 70.6 Å². The van der Waals surface area contributed by atoms with E-state index in [1.165, 1.54) is 0 Å². The quantitative estimate of drug-likeness (QED) is 0.814. The molecule has 2 unspecified atom stereocenters. The Bertz CT molecular complexity index is 395.